The van der Waals surface area contributed by atoms with E-state index in [-0.39, 0.29) is 18.9 Å². The first kappa shape index (κ1) is 31.1. The van der Waals surface area contributed by atoms with Gasteiger partial charge in [-0.3, -0.25) is 14.4 Å². The van der Waals surface area contributed by atoms with Crippen LogP contribution in [0.2, 0.25) is 0 Å². The molecule has 0 aromatic heterocycles. The van der Waals surface area contributed by atoms with Crippen LogP contribution in [0.25, 0.3) is 0 Å². The predicted molar refractivity (Wildman–Crippen MR) is 147 cm³/mol. The fourth-order valence-electron chi connectivity index (χ4n) is 5.16. The van der Waals surface area contributed by atoms with Crippen molar-refractivity contribution in [2.24, 2.45) is 0 Å². The third-order valence-corrected chi connectivity index (χ3v) is 7.55. The van der Waals surface area contributed by atoms with Crippen LogP contribution in [0.5, 0.6) is 0 Å². The van der Waals surface area contributed by atoms with E-state index < -0.39 is 41.2 Å². The smallest absolute Gasteiger partial charge is 0.328 e. The molecule has 11 nitrogen and oxygen atoms in total. The Morgan fingerprint density at radius 1 is 0.975 bits per heavy atom. The Labute approximate surface area is 235 Å². The summed E-state index contributed by atoms with van der Waals surface area (Å²) >= 11 is 0. The Balaban J connectivity index is 1.73. The molecule has 2 unspecified atom stereocenters. The van der Waals surface area contributed by atoms with Crippen molar-refractivity contribution in [3.05, 3.63) is 35.9 Å². The molecule has 0 radical (unpaired) electrons. The van der Waals surface area contributed by atoms with Crippen molar-refractivity contribution in [2.75, 3.05) is 33.4 Å². The number of morpholine rings is 1. The lowest BCUT2D eigenvalue weighted by molar-refractivity contribution is -0.147. The van der Waals surface area contributed by atoms with Crippen LogP contribution in [0.3, 0.4) is 0 Å². The third-order valence-electron chi connectivity index (χ3n) is 7.55. The van der Waals surface area contributed by atoms with E-state index in [1.165, 1.54) is 7.11 Å². The molecule has 1 aliphatic heterocycles. The van der Waals surface area contributed by atoms with E-state index in [4.69, 9.17) is 9.47 Å². The van der Waals surface area contributed by atoms with E-state index in [0.29, 0.717) is 45.6 Å². The largest absolute Gasteiger partial charge is 0.467 e. The Kier molecular flexibility index (Phi) is 11.9. The second-order valence-corrected chi connectivity index (χ2v) is 10.4. The molecule has 4 amide bonds. The van der Waals surface area contributed by atoms with Gasteiger partial charge in [0, 0.05) is 19.5 Å². The predicted octanol–water partition coefficient (Wildman–Crippen LogP) is 1.88. The summed E-state index contributed by atoms with van der Waals surface area (Å²) in [4.78, 5) is 67.2. The normalized spacial score (nSPS) is 18.1. The van der Waals surface area contributed by atoms with E-state index >= 15 is 0 Å². The summed E-state index contributed by atoms with van der Waals surface area (Å²) < 4.78 is 10.2. The van der Waals surface area contributed by atoms with Gasteiger partial charge in [-0.1, -0.05) is 69.4 Å². The molecule has 1 aromatic rings. The van der Waals surface area contributed by atoms with Gasteiger partial charge in [-0.15, -0.1) is 0 Å². The number of hydrogen-bond donors (Lipinski definition) is 3. The lowest BCUT2D eigenvalue weighted by atomic mass is 9.80. The van der Waals surface area contributed by atoms with Crippen molar-refractivity contribution in [2.45, 2.75) is 82.3 Å². The average molecular weight is 559 g/mol. The first-order valence-corrected chi connectivity index (χ1v) is 14.2. The molecule has 3 rings (SSSR count). The van der Waals surface area contributed by atoms with E-state index in [1.807, 2.05) is 37.3 Å². The van der Waals surface area contributed by atoms with Crippen molar-refractivity contribution in [3.63, 3.8) is 0 Å². The van der Waals surface area contributed by atoms with Crippen LogP contribution >= 0.6 is 0 Å². The molecule has 3 N–H and O–H groups in total. The molecule has 1 aromatic carbocycles. The number of amides is 4. The molecule has 1 heterocycles. The summed E-state index contributed by atoms with van der Waals surface area (Å²) in [5.74, 6) is -2.95. The van der Waals surface area contributed by atoms with Gasteiger partial charge in [-0.2, -0.15) is 0 Å². The first-order valence-electron chi connectivity index (χ1n) is 14.2. The number of unbranched alkanes of at least 4 members (excludes halogenated alkanes) is 1. The molecule has 1 aliphatic carbocycles. The highest BCUT2D eigenvalue weighted by Gasteiger charge is 2.43. The van der Waals surface area contributed by atoms with Crippen LogP contribution < -0.4 is 16.0 Å². The lowest BCUT2D eigenvalue weighted by Gasteiger charge is -2.39. The Morgan fingerprint density at radius 2 is 1.65 bits per heavy atom. The second-order valence-electron chi connectivity index (χ2n) is 10.4. The average Bonchev–Trinajstić information content (AvgIpc) is 2.99. The van der Waals surface area contributed by atoms with Crippen molar-refractivity contribution < 1.29 is 33.4 Å². The van der Waals surface area contributed by atoms with E-state index in [2.05, 4.69) is 16.0 Å². The van der Waals surface area contributed by atoms with Crippen LogP contribution in [-0.2, 0) is 35.1 Å². The minimum atomic E-state index is -1.17. The topological polar surface area (TPSA) is 143 Å². The van der Waals surface area contributed by atoms with Crippen LogP contribution in [0, 0.1) is 0 Å². The van der Waals surface area contributed by atoms with Crippen LogP contribution in [0.15, 0.2) is 30.3 Å². The number of ether oxygens (including phenoxy) is 2. The quantitative estimate of drug-likeness (QED) is 0.263. The number of nitrogens with one attached hydrogen (secondary N) is 3. The van der Waals surface area contributed by atoms with Gasteiger partial charge in [0.1, 0.15) is 11.6 Å². The van der Waals surface area contributed by atoms with Crippen molar-refractivity contribution in [1.82, 2.24) is 20.9 Å². The summed E-state index contributed by atoms with van der Waals surface area (Å²) in [5, 5.41) is 8.26. The minimum absolute atomic E-state index is 0.148. The van der Waals surface area contributed by atoms with Gasteiger partial charge in [-0.05, 0) is 24.8 Å². The number of methoxy groups -OCH3 is 1. The number of nitrogens with zero attached hydrogens (tertiary/aromatic N) is 1. The number of carbonyl (C=O) groups is 5. The summed E-state index contributed by atoms with van der Waals surface area (Å²) in [7, 11) is 1.22. The number of hydrogen-bond acceptors (Lipinski definition) is 7. The van der Waals surface area contributed by atoms with Gasteiger partial charge in [0.05, 0.1) is 26.4 Å². The lowest BCUT2D eigenvalue weighted by Crippen LogP contribution is -2.65. The van der Waals surface area contributed by atoms with Crippen molar-refractivity contribution >= 4 is 29.6 Å². The van der Waals surface area contributed by atoms with Crippen molar-refractivity contribution in [1.29, 1.82) is 0 Å². The number of esters is 1. The highest BCUT2D eigenvalue weighted by molar-refractivity contribution is 6.38. The van der Waals surface area contributed by atoms with Gasteiger partial charge in [0.2, 0.25) is 11.7 Å². The molecule has 1 saturated carbocycles. The maximum atomic E-state index is 13.7. The molecule has 11 heteroatoms. The molecule has 40 heavy (non-hydrogen) atoms. The molecule has 0 spiro atoms. The maximum Gasteiger partial charge on any atom is 0.328 e. The fourth-order valence-corrected chi connectivity index (χ4v) is 5.16. The third kappa shape index (κ3) is 8.51. The molecule has 2 aliphatic rings. The monoisotopic (exact) mass is 558 g/mol. The molecule has 1 saturated heterocycles. The van der Waals surface area contributed by atoms with E-state index in [1.54, 1.807) is 4.90 Å². The molecule has 0 bridgehead atoms. The van der Waals surface area contributed by atoms with E-state index in [9.17, 15) is 24.0 Å². The van der Waals surface area contributed by atoms with E-state index in [0.717, 1.165) is 31.2 Å². The molecule has 220 valence electrons. The van der Waals surface area contributed by atoms with Crippen LogP contribution in [0.4, 0.5) is 4.79 Å². The number of rotatable bonds is 12. The molecule has 2 atom stereocenters. The number of urea groups is 1. The number of carbonyl (C=O) groups excluding carboxylic acids is 5. The molecular formula is C29H42N4O7. The summed E-state index contributed by atoms with van der Waals surface area (Å²) in [6, 6.07) is 6.58. The Bertz CT molecular complexity index is 1020. The number of Topliss-reactive ketones (excluding diaryl/α,β-unsaturated/α-hetero) is 1. The maximum absolute atomic E-state index is 13.7. The fraction of sp³-hybridized carbons (Fsp3) is 0.621. The van der Waals surface area contributed by atoms with Gasteiger partial charge < -0.3 is 30.3 Å². The molecule has 2 fully saturated rings. The Morgan fingerprint density at radius 3 is 2.27 bits per heavy atom. The SMILES string of the molecule is CCCCC(NC(=O)C1(NC(=O)N2CCOCC2)CCCCC1)C(=O)C(=O)NC(Cc1ccccc1)C(=O)OC. The van der Waals surface area contributed by atoms with Crippen LogP contribution in [0.1, 0.15) is 63.9 Å². The van der Waals surface area contributed by atoms with Crippen LogP contribution in [-0.4, -0.2) is 85.5 Å². The zero-order chi connectivity index (χ0) is 29.0. The summed E-state index contributed by atoms with van der Waals surface area (Å²) in [6.07, 6.45) is 5.09. The van der Waals surface area contributed by atoms with Gasteiger partial charge in [0.15, 0.2) is 0 Å². The highest BCUT2D eigenvalue weighted by atomic mass is 16.5. The highest BCUT2D eigenvalue weighted by Crippen LogP contribution is 2.29. The standard InChI is InChI=1S/C29H42N4O7/c1-3-4-13-22(24(34)25(35)30-23(26(36)39-2)20-21-11-7-5-8-12-21)31-27(37)29(14-9-6-10-15-29)32-28(38)33-16-18-40-19-17-33/h5,7-8,11-12,22-23H,3-4,6,9-10,13-20H2,1-2H3,(H,30,35)(H,31,37)(H,32,38). The zero-order valence-corrected chi connectivity index (χ0v) is 23.5. The van der Waals surface area contributed by atoms with Gasteiger partial charge >= 0.3 is 12.0 Å². The van der Waals surface area contributed by atoms with Gasteiger partial charge in [-0.25, -0.2) is 9.59 Å². The minimum Gasteiger partial charge on any atom is -0.467 e. The Hall–Kier alpha value is -3.47. The number of benzene rings is 1. The molecular weight excluding hydrogens is 516 g/mol. The number of ketones is 1. The second kappa shape index (κ2) is 15.4. The first-order chi connectivity index (χ1) is 19.3. The van der Waals surface area contributed by atoms with Gasteiger partial charge in [0.25, 0.3) is 5.91 Å². The summed E-state index contributed by atoms with van der Waals surface area (Å²) in [5.41, 5.74) is -0.381. The zero-order valence-electron chi connectivity index (χ0n) is 23.5. The summed E-state index contributed by atoms with van der Waals surface area (Å²) in [6.45, 7) is 3.69. The van der Waals surface area contributed by atoms with Crippen molar-refractivity contribution in [3.8, 4) is 0 Å².